The van der Waals surface area contributed by atoms with Crippen LogP contribution in [-0.4, -0.2) is 64.1 Å². The van der Waals surface area contributed by atoms with Gasteiger partial charge in [-0.3, -0.25) is 4.90 Å². The lowest BCUT2D eigenvalue weighted by atomic mass is 10.1. The van der Waals surface area contributed by atoms with Crippen molar-refractivity contribution in [1.82, 2.24) is 9.88 Å². The summed E-state index contributed by atoms with van der Waals surface area (Å²) in [5, 5.41) is 0.196. The van der Waals surface area contributed by atoms with Crippen molar-refractivity contribution in [2.75, 3.05) is 44.6 Å². The molecule has 3 heterocycles. The molecule has 1 aromatic heterocycles. The van der Waals surface area contributed by atoms with E-state index in [4.69, 9.17) is 21.1 Å². The number of hydrogen-bond donors (Lipinski definition) is 0. The number of amides is 1. The van der Waals surface area contributed by atoms with E-state index in [0.29, 0.717) is 31.9 Å². The van der Waals surface area contributed by atoms with E-state index in [-0.39, 0.29) is 22.3 Å². The molecule has 0 saturated carbocycles. The zero-order valence-electron chi connectivity index (χ0n) is 13.9. The van der Waals surface area contributed by atoms with Gasteiger partial charge in [-0.2, -0.15) is 0 Å². The fourth-order valence-corrected chi connectivity index (χ4v) is 3.93. The lowest BCUT2D eigenvalue weighted by Crippen LogP contribution is -2.38. The molecule has 0 aromatic carbocycles. The van der Waals surface area contributed by atoms with Crippen LogP contribution in [0, 0.1) is 0 Å². The molecule has 0 N–H and O–H groups in total. The van der Waals surface area contributed by atoms with E-state index >= 15 is 0 Å². The predicted octanol–water partition coefficient (Wildman–Crippen LogP) is 1.50. The third kappa shape index (κ3) is 3.58. The number of methoxy groups -OCH3 is 1. The van der Waals surface area contributed by atoms with Crippen molar-refractivity contribution in [3.05, 3.63) is 28.7 Å². The Bertz CT molecular complexity index is 834. The highest BCUT2D eigenvalue weighted by Crippen LogP contribution is 2.37. The maximum atomic E-state index is 12.2. The Labute approximate surface area is 150 Å². The number of fused-ring (bicyclic) bond motifs is 1. The summed E-state index contributed by atoms with van der Waals surface area (Å²) in [4.78, 5) is 19.4. The van der Waals surface area contributed by atoms with E-state index in [0.717, 1.165) is 11.9 Å². The number of ether oxygens (including phenoxy) is 2. The van der Waals surface area contributed by atoms with Crippen molar-refractivity contribution in [3.63, 3.8) is 0 Å². The van der Waals surface area contributed by atoms with Crippen LogP contribution in [0.3, 0.4) is 0 Å². The van der Waals surface area contributed by atoms with Crippen molar-refractivity contribution in [1.29, 1.82) is 0 Å². The van der Waals surface area contributed by atoms with E-state index in [1.54, 1.807) is 6.07 Å². The third-order valence-electron chi connectivity index (χ3n) is 4.06. The van der Waals surface area contributed by atoms with Crippen molar-refractivity contribution >= 4 is 38.1 Å². The molecule has 1 saturated heterocycles. The van der Waals surface area contributed by atoms with Gasteiger partial charge in [-0.15, -0.1) is 0 Å². The molecule has 25 heavy (non-hydrogen) atoms. The van der Waals surface area contributed by atoms with Gasteiger partial charge in [-0.05, 0) is 6.07 Å². The number of anilines is 1. The molecular weight excluding hydrogens is 370 g/mol. The standard InChI is InChI=1S/C15H18ClN3O5S/c1-23-15(20)19-8-10-11(18-3-5-24-6-4-18)7-13(16)17-14(10)12(9-19)25(2,21)22/h7,9H,3-6,8H2,1-2H3. The molecule has 0 spiro atoms. The van der Waals surface area contributed by atoms with E-state index < -0.39 is 15.9 Å². The molecule has 1 amide bonds. The van der Waals surface area contributed by atoms with E-state index in [1.807, 2.05) is 0 Å². The quantitative estimate of drug-likeness (QED) is 0.710. The summed E-state index contributed by atoms with van der Waals surface area (Å²) in [6.45, 7) is 2.55. The molecule has 0 aliphatic carbocycles. The number of aromatic nitrogens is 1. The minimum absolute atomic E-state index is 0.0591. The van der Waals surface area contributed by atoms with Crippen LogP contribution >= 0.6 is 11.6 Å². The summed E-state index contributed by atoms with van der Waals surface area (Å²) in [5.41, 5.74) is 1.65. The van der Waals surface area contributed by atoms with Gasteiger partial charge in [-0.1, -0.05) is 11.6 Å². The number of carbonyl (C=O) groups excluding carboxylic acids is 1. The van der Waals surface area contributed by atoms with Gasteiger partial charge in [0.1, 0.15) is 10.1 Å². The summed E-state index contributed by atoms with van der Waals surface area (Å²) in [6, 6.07) is 1.69. The molecule has 2 aliphatic rings. The molecule has 0 unspecified atom stereocenters. The second-order valence-corrected chi connectivity index (χ2v) is 8.13. The first-order valence-electron chi connectivity index (χ1n) is 7.60. The van der Waals surface area contributed by atoms with Gasteiger partial charge >= 0.3 is 6.09 Å². The number of carbonyl (C=O) groups is 1. The van der Waals surface area contributed by atoms with Crippen LogP contribution in [0.1, 0.15) is 11.3 Å². The Balaban J connectivity index is 2.17. The number of sulfone groups is 1. The second-order valence-electron chi connectivity index (χ2n) is 5.75. The molecule has 1 fully saturated rings. The Morgan fingerprint density at radius 3 is 2.64 bits per heavy atom. The van der Waals surface area contributed by atoms with Crippen LogP contribution in [0.2, 0.25) is 5.15 Å². The van der Waals surface area contributed by atoms with E-state index in [9.17, 15) is 13.2 Å². The Kier molecular flexibility index (Phi) is 4.90. The molecule has 1 aromatic rings. The minimum Gasteiger partial charge on any atom is -0.452 e. The summed E-state index contributed by atoms with van der Waals surface area (Å²) in [6.07, 6.45) is 1.67. The highest BCUT2D eigenvalue weighted by molar-refractivity contribution is 8.00. The Morgan fingerprint density at radius 1 is 1.36 bits per heavy atom. The summed E-state index contributed by atoms with van der Waals surface area (Å²) in [7, 11) is -2.39. The minimum atomic E-state index is -3.63. The molecule has 3 rings (SSSR count). The van der Waals surface area contributed by atoms with Crippen LogP contribution in [0.5, 0.6) is 0 Å². The fourth-order valence-electron chi connectivity index (χ4n) is 2.90. The lowest BCUT2D eigenvalue weighted by Gasteiger charge is -2.34. The SMILES string of the molecule is COC(=O)N1C=C(S(C)(=O)=O)c2nc(Cl)cc(N3CCOCC3)c2C1. The first kappa shape index (κ1) is 18.0. The Morgan fingerprint density at radius 2 is 2.04 bits per heavy atom. The molecule has 0 atom stereocenters. The van der Waals surface area contributed by atoms with Crippen LogP contribution < -0.4 is 4.90 Å². The predicted molar refractivity (Wildman–Crippen MR) is 93.0 cm³/mol. The zero-order chi connectivity index (χ0) is 18.2. The molecule has 10 heteroatoms. The highest BCUT2D eigenvalue weighted by atomic mass is 35.5. The largest absolute Gasteiger partial charge is 0.452 e. The average Bonchev–Trinajstić information content (AvgIpc) is 2.59. The van der Waals surface area contributed by atoms with Gasteiger partial charge in [0.2, 0.25) is 0 Å². The number of nitrogens with zero attached hydrogens (tertiary/aromatic N) is 3. The first-order chi connectivity index (χ1) is 11.8. The monoisotopic (exact) mass is 387 g/mol. The van der Waals surface area contributed by atoms with Gasteiger partial charge in [0.05, 0.1) is 32.6 Å². The van der Waals surface area contributed by atoms with Crippen molar-refractivity contribution in [3.8, 4) is 0 Å². The second kappa shape index (κ2) is 6.81. The first-order valence-corrected chi connectivity index (χ1v) is 9.87. The molecule has 2 aliphatic heterocycles. The summed E-state index contributed by atoms with van der Waals surface area (Å²) >= 11 is 6.15. The summed E-state index contributed by atoms with van der Waals surface area (Å²) in [5.74, 6) is 0. The van der Waals surface area contributed by atoms with Crippen LogP contribution in [0.15, 0.2) is 12.3 Å². The lowest BCUT2D eigenvalue weighted by molar-refractivity contribution is 0.122. The maximum Gasteiger partial charge on any atom is 0.413 e. The number of pyridine rings is 1. The smallest absolute Gasteiger partial charge is 0.413 e. The van der Waals surface area contributed by atoms with Crippen molar-refractivity contribution in [2.45, 2.75) is 6.54 Å². The molecule has 8 nitrogen and oxygen atoms in total. The topological polar surface area (TPSA) is 89.0 Å². The van der Waals surface area contributed by atoms with E-state index in [2.05, 4.69) is 9.88 Å². The van der Waals surface area contributed by atoms with Crippen LogP contribution in [-0.2, 0) is 25.9 Å². The van der Waals surface area contributed by atoms with Gasteiger partial charge in [0, 0.05) is 36.8 Å². The number of hydrogen-bond acceptors (Lipinski definition) is 7. The maximum absolute atomic E-state index is 12.2. The normalized spacial score (nSPS) is 17.8. The third-order valence-corrected chi connectivity index (χ3v) is 5.36. The van der Waals surface area contributed by atoms with Gasteiger partial charge in [0.25, 0.3) is 0 Å². The van der Waals surface area contributed by atoms with Crippen molar-refractivity contribution in [2.24, 2.45) is 0 Å². The molecular formula is C15H18ClN3O5S. The highest BCUT2D eigenvalue weighted by Gasteiger charge is 2.32. The number of halogens is 1. The van der Waals surface area contributed by atoms with Gasteiger partial charge in [0.15, 0.2) is 9.84 Å². The van der Waals surface area contributed by atoms with Crippen LogP contribution in [0.4, 0.5) is 10.5 Å². The zero-order valence-corrected chi connectivity index (χ0v) is 15.4. The van der Waals surface area contributed by atoms with Gasteiger partial charge < -0.3 is 14.4 Å². The van der Waals surface area contributed by atoms with Gasteiger partial charge in [-0.25, -0.2) is 18.2 Å². The van der Waals surface area contributed by atoms with E-state index in [1.165, 1.54) is 18.2 Å². The van der Waals surface area contributed by atoms with Crippen molar-refractivity contribution < 1.29 is 22.7 Å². The van der Waals surface area contributed by atoms with Crippen LogP contribution in [0.25, 0.3) is 4.91 Å². The fraction of sp³-hybridized carbons (Fsp3) is 0.467. The number of morpholine rings is 1. The molecule has 0 bridgehead atoms. The molecule has 0 radical (unpaired) electrons. The summed E-state index contributed by atoms with van der Waals surface area (Å²) < 4.78 is 34.6. The average molecular weight is 388 g/mol. The molecule has 136 valence electrons. The number of rotatable bonds is 2. The Hall–Kier alpha value is -1.84.